The molecular formula is C25H25ClN6O2S. The number of hydrogen-bond acceptors (Lipinski definition) is 6. The van der Waals surface area contributed by atoms with Gasteiger partial charge < -0.3 is 20.4 Å². The number of fused-ring (bicyclic) bond motifs is 1. The summed E-state index contributed by atoms with van der Waals surface area (Å²) in [5, 5.41) is 13.3. The van der Waals surface area contributed by atoms with E-state index in [1.807, 2.05) is 43.3 Å². The van der Waals surface area contributed by atoms with Crippen LogP contribution in [0.5, 0.6) is 0 Å². The van der Waals surface area contributed by atoms with Crippen LogP contribution in [-0.4, -0.2) is 60.1 Å². The number of H-pyrrole nitrogens is 1. The average Bonchev–Trinajstić information content (AvgIpc) is 3.44. The van der Waals surface area contributed by atoms with Crippen molar-refractivity contribution in [3.8, 4) is 0 Å². The molecule has 5 rings (SSSR count). The van der Waals surface area contributed by atoms with Crippen LogP contribution < -0.4 is 15.5 Å². The molecule has 3 heterocycles. The number of nitrogens with one attached hydrogen (secondary N) is 3. The first-order valence-corrected chi connectivity index (χ1v) is 12.5. The molecule has 0 spiro atoms. The number of carbonyl (C=O) groups is 2. The topological polar surface area (TPSA) is 93.4 Å². The van der Waals surface area contributed by atoms with Crippen molar-refractivity contribution >= 4 is 62.2 Å². The summed E-state index contributed by atoms with van der Waals surface area (Å²) in [7, 11) is 2.12. The molecule has 2 aromatic heterocycles. The fourth-order valence-corrected chi connectivity index (χ4v) is 5.26. The van der Waals surface area contributed by atoms with Crippen LogP contribution in [0.15, 0.2) is 48.5 Å². The summed E-state index contributed by atoms with van der Waals surface area (Å²) < 4.78 is 0.702. The summed E-state index contributed by atoms with van der Waals surface area (Å²) in [5.74, 6) is -0.131. The molecular weight excluding hydrogens is 484 g/mol. The number of aryl methyl sites for hydroxylation is 1. The molecule has 0 unspecified atom stereocenters. The van der Waals surface area contributed by atoms with E-state index in [9.17, 15) is 9.59 Å². The SMILES string of the molecule is Cc1cccc(Cl)c1NC(=O)c1cc2[nH]nc(NC(=O)c3ccc(N4CCN(C)CC4)cc3)c2s1. The van der Waals surface area contributed by atoms with Gasteiger partial charge in [0.1, 0.15) is 0 Å². The summed E-state index contributed by atoms with van der Waals surface area (Å²) in [6, 6.07) is 14.8. The zero-order valence-electron chi connectivity index (χ0n) is 19.4. The highest BCUT2D eigenvalue weighted by Crippen LogP contribution is 2.32. The van der Waals surface area contributed by atoms with Gasteiger partial charge in [-0.25, -0.2) is 0 Å². The van der Waals surface area contributed by atoms with E-state index in [0.717, 1.165) is 37.4 Å². The smallest absolute Gasteiger partial charge is 0.265 e. The number of benzene rings is 2. The van der Waals surface area contributed by atoms with Crippen LogP contribution in [-0.2, 0) is 0 Å². The van der Waals surface area contributed by atoms with Gasteiger partial charge in [0.25, 0.3) is 11.8 Å². The van der Waals surface area contributed by atoms with E-state index in [1.54, 1.807) is 12.1 Å². The predicted molar refractivity (Wildman–Crippen MR) is 142 cm³/mol. The molecule has 0 aliphatic carbocycles. The van der Waals surface area contributed by atoms with Gasteiger partial charge in [0.15, 0.2) is 5.82 Å². The van der Waals surface area contributed by atoms with E-state index in [-0.39, 0.29) is 11.8 Å². The third-order valence-electron chi connectivity index (χ3n) is 6.15. The Morgan fingerprint density at radius 1 is 1.03 bits per heavy atom. The first-order valence-electron chi connectivity index (χ1n) is 11.3. The number of aromatic amines is 1. The number of nitrogens with zero attached hydrogens (tertiary/aromatic N) is 3. The first kappa shape index (κ1) is 23.3. The van der Waals surface area contributed by atoms with Crippen LogP contribution in [0.2, 0.25) is 5.02 Å². The maximum Gasteiger partial charge on any atom is 0.265 e. The minimum atomic E-state index is -0.271. The molecule has 4 aromatic rings. The number of halogens is 1. The lowest BCUT2D eigenvalue weighted by atomic mass is 10.1. The third-order valence-corrected chi connectivity index (χ3v) is 7.60. The largest absolute Gasteiger partial charge is 0.369 e. The van der Waals surface area contributed by atoms with Gasteiger partial charge in [0.05, 0.1) is 25.8 Å². The zero-order chi connectivity index (χ0) is 24.5. The van der Waals surface area contributed by atoms with Crippen molar-refractivity contribution in [1.29, 1.82) is 0 Å². The molecule has 0 bridgehead atoms. The monoisotopic (exact) mass is 508 g/mol. The fourth-order valence-electron chi connectivity index (χ4n) is 4.05. The number of likely N-dealkylation sites (N-methyl/N-ethyl adjacent to an activating group) is 1. The fraction of sp³-hybridized carbons (Fsp3) is 0.240. The predicted octanol–water partition coefficient (Wildman–Crippen LogP) is 4.84. The Bertz CT molecular complexity index is 1370. The molecule has 10 heteroatoms. The highest BCUT2D eigenvalue weighted by Gasteiger charge is 2.19. The maximum absolute atomic E-state index is 12.9. The molecule has 180 valence electrons. The third kappa shape index (κ3) is 4.88. The summed E-state index contributed by atoms with van der Waals surface area (Å²) in [6.45, 7) is 5.87. The minimum absolute atomic E-state index is 0.255. The number of amides is 2. The number of aromatic nitrogens is 2. The van der Waals surface area contributed by atoms with Crippen molar-refractivity contribution in [2.45, 2.75) is 6.92 Å². The summed E-state index contributed by atoms with van der Waals surface area (Å²) in [4.78, 5) is 30.8. The lowest BCUT2D eigenvalue weighted by Crippen LogP contribution is -2.44. The molecule has 2 amide bonds. The molecule has 1 aliphatic rings. The van der Waals surface area contributed by atoms with Crippen LogP contribution in [0.4, 0.5) is 17.2 Å². The Balaban J connectivity index is 1.28. The number of thiophene rings is 1. The highest BCUT2D eigenvalue weighted by atomic mass is 35.5. The molecule has 0 radical (unpaired) electrons. The van der Waals surface area contributed by atoms with Crippen molar-refractivity contribution < 1.29 is 9.59 Å². The van der Waals surface area contributed by atoms with E-state index >= 15 is 0 Å². The van der Waals surface area contributed by atoms with Crippen LogP contribution in [0.25, 0.3) is 10.2 Å². The van der Waals surface area contributed by atoms with Crippen LogP contribution >= 0.6 is 22.9 Å². The Kier molecular flexibility index (Phi) is 6.46. The number of anilines is 3. The number of para-hydroxylation sites is 1. The lowest BCUT2D eigenvalue weighted by molar-refractivity contribution is 0.102. The molecule has 8 nitrogen and oxygen atoms in total. The van der Waals surface area contributed by atoms with Gasteiger partial charge in [0.2, 0.25) is 0 Å². The van der Waals surface area contributed by atoms with Gasteiger partial charge in [-0.05, 0) is 55.9 Å². The number of hydrogen-bond donors (Lipinski definition) is 3. The van der Waals surface area contributed by atoms with Gasteiger partial charge in [0, 0.05) is 37.4 Å². The minimum Gasteiger partial charge on any atom is -0.369 e. The normalized spacial score (nSPS) is 14.3. The number of rotatable bonds is 5. The first-order chi connectivity index (χ1) is 16.9. The molecule has 0 saturated carbocycles. The van der Waals surface area contributed by atoms with Crippen molar-refractivity contribution in [3.05, 3.63) is 69.6 Å². The quantitative estimate of drug-likeness (QED) is 0.358. The standard InChI is InChI=1S/C25H25ClN6O2S/c1-15-4-3-5-18(26)21(15)27-25(34)20-14-19-22(35-20)23(30-29-19)28-24(33)16-6-8-17(9-7-16)32-12-10-31(2)11-13-32/h3-9,14H,10-13H2,1-2H3,(H,27,34)(H2,28,29,30,33). The van der Waals surface area contributed by atoms with Crippen molar-refractivity contribution in [1.82, 2.24) is 15.1 Å². The zero-order valence-corrected chi connectivity index (χ0v) is 21.0. The number of piperazine rings is 1. The van der Waals surface area contributed by atoms with Crippen LogP contribution in [0.3, 0.4) is 0 Å². The second-order valence-electron chi connectivity index (χ2n) is 8.60. The van der Waals surface area contributed by atoms with E-state index < -0.39 is 0 Å². The number of carbonyl (C=O) groups excluding carboxylic acids is 2. The Morgan fingerprint density at radius 3 is 2.49 bits per heavy atom. The maximum atomic E-state index is 12.9. The van der Waals surface area contributed by atoms with Crippen molar-refractivity contribution in [2.24, 2.45) is 0 Å². The molecule has 35 heavy (non-hydrogen) atoms. The van der Waals surface area contributed by atoms with Gasteiger partial charge in [-0.2, -0.15) is 5.10 Å². The van der Waals surface area contributed by atoms with Gasteiger partial charge in [-0.3, -0.25) is 14.7 Å². The molecule has 0 atom stereocenters. The highest BCUT2D eigenvalue weighted by molar-refractivity contribution is 7.21. The second kappa shape index (κ2) is 9.69. The summed E-state index contributed by atoms with van der Waals surface area (Å²) >= 11 is 7.49. The van der Waals surface area contributed by atoms with Crippen molar-refractivity contribution in [2.75, 3.05) is 48.8 Å². The van der Waals surface area contributed by atoms with Crippen LogP contribution in [0, 0.1) is 6.92 Å². The summed E-state index contributed by atoms with van der Waals surface area (Å²) in [5.41, 5.74) is 3.79. The van der Waals surface area contributed by atoms with Crippen LogP contribution in [0.1, 0.15) is 25.6 Å². The summed E-state index contributed by atoms with van der Waals surface area (Å²) in [6.07, 6.45) is 0. The molecule has 1 fully saturated rings. The van der Waals surface area contributed by atoms with E-state index in [1.165, 1.54) is 11.3 Å². The molecule has 1 aliphatic heterocycles. The van der Waals surface area contributed by atoms with E-state index in [2.05, 4.69) is 37.7 Å². The van der Waals surface area contributed by atoms with Gasteiger partial charge >= 0.3 is 0 Å². The van der Waals surface area contributed by atoms with E-state index in [4.69, 9.17) is 11.6 Å². The van der Waals surface area contributed by atoms with Gasteiger partial charge in [-0.1, -0.05) is 23.7 Å². The Morgan fingerprint density at radius 2 is 1.77 bits per heavy atom. The van der Waals surface area contributed by atoms with Crippen molar-refractivity contribution in [3.63, 3.8) is 0 Å². The average molecular weight is 509 g/mol. The molecule has 1 saturated heterocycles. The Labute approximate surface area is 211 Å². The molecule has 3 N–H and O–H groups in total. The Hall–Kier alpha value is -3.40. The molecule has 2 aromatic carbocycles. The van der Waals surface area contributed by atoms with E-state index in [0.29, 0.717) is 37.2 Å². The lowest BCUT2D eigenvalue weighted by Gasteiger charge is -2.34. The second-order valence-corrected chi connectivity index (χ2v) is 10.1. The van der Waals surface area contributed by atoms with Gasteiger partial charge in [-0.15, -0.1) is 11.3 Å².